The zero-order valence-corrected chi connectivity index (χ0v) is 14.6. The highest BCUT2D eigenvalue weighted by Gasteiger charge is 2.36. The third kappa shape index (κ3) is 4.56. The predicted molar refractivity (Wildman–Crippen MR) is 86.7 cm³/mol. The van der Waals surface area contributed by atoms with Crippen LogP contribution in [0.1, 0.15) is 27.1 Å². The number of morpholine rings is 1. The molecule has 2 aliphatic rings. The second kappa shape index (κ2) is 8.94. The quantitative estimate of drug-likeness (QED) is 0.432. The lowest BCUT2D eigenvalue weighted by Crippen LogP contribution is -3.00. The van der Waals surface area contributed by atoms with Gasteiger partial charge in [0.15, 0.2) is 0 Å². The highest BCUT2D eigenvalue weighted by molar-refractivity contribution is 6.22. The van der Waals surface area contributed by atoms with Gasteiger partial charge in [-0.15, -0.1) is 0 Å². The standard InChI is InChI=1S/C17H21N3O4.ClH/c21-15(18-6-3-7-19-8-10-24-11-9-19)12-20-16(22)13-4-1-2-5-14(13)17(20)23;/h1-2,4-5H,3,6-12H2,(H,18,21);1H/p-1. The zero-order chi connectivity index (χ0) is 16.9. The summed E-state index contributed by atoms with van der Waals surface area (Å²) in [6.45, 7) is 4.55. The minimum Gasteiger partial charge on any atom is -1.00 e. The Morgan fingerprint density at radius 2 is 1.68 bits per heavy atom. The molecule has 2 heterocycles. The summed E-state index contributed by atoms with van der Waals surface area (Å²) in [6, 6.07) is 6.63. The Balaban J connectivity index is 0.00000225. The first-order valence-electron chi connectivity index (χ1n) is 8.19. The molecule has 7 nitrogen and oxygen atoms in total. The fourth-order valence-corrected chi connectivity index (χ4v) is 2.94. The molecule has 0 saturated carbocycles. The van der Waals surface area contributed by atoms with Crippen LogP contribution in [0.25, 0.3) is 0 Å². The van der Waals surface area contributed by atoms with Crippen LogP contribution in [0.2, 0.25) is 0 Å². The number of benzene rings is 1. The summed E-state index contributed by atoms with van der Waals surface area (Å²) in [6.07, 6.45) is 0.827. The van der Waals surface area contributed by atoms with Crippen molar-refractivity contribution < 1.29 is 31.5 Å². The van der Waals surface area contributed by atoms with Crippen molar-refractivity contribution in [3.05, 3.63) is 35.4 Å². The lowest BCUT2D eigenvalue weighted by Gasteiger charge is -2.26. The van der Waals surface area contributed by atoms with Crippen LogP contribution >= 0.6 is 0 Å². The fraction of sp³-hybridized carbons (Fsp3) is 0.471. The molecule has 0 aliphatic carbocycles. The van der Waals surface area contributed by atoms with Crippen molar-refractivity contribution in [3.63, 3.8) is 0 Å². The predicted octanol–water partition coefficient (Wildman–Crippen LogP) is -2.87. The highest BCUT2D eigenvalue weighted by Crippen LogP contribution is 2.21. The van der Waals surface area contributed by atoms with E-state index >= 15 is 0 Å². The molecule has 0 aromatic heterocycles. The smallest absolute Gasteiger partial charge is 0.262 e. The molecule has 2 aliphatic heterocycles. The van der Waals surface area contributed by atoms with E-state index in [2.05, 4.69) is 10.2 Å². The Morgan fingerprint density at radius 1 is 1.08 bits per heavy atom. The van der Waals surface area contributed by atoms with E-state index in [1.807, 2.05) is 0 Å². The molecule has 1 N–H and O–H groups in total. The molecule has 3 amide bonds. The Labute approximate surface area is 152 Å². The maximum atomic E-state index is 12.2. The summed E-state index contributed by atoms with van der Waals surface area (Å²) >= 11 is 0. The number of halogens is 1. The van der Waals surface area contributed by atoms with Gasteiger partial charge in [-0.05, 0) is 25.1 Å². The van der Waals surface area contributed by atoms with E-state index in [0.717, 1.165) is 44.2 Å². The van der Waals surface area contributed by atoms with E-state index in [1.54, 1.807) is 24.3 Å². The number of hydrogen-bond acceptors (Lipinski definition) is 5. The van der Waals surface area contributed by atoms with Gasteiger partial charge in [-0.2, -0.15) is 0 Å². The molecule has 1 aromatic carbocycles. The molecule has 1 saturated heterocycles. The first-order chi connectivity index (χ1) is 11.7. The summed E-state index contributed by atoms with van der Waals surface area (Å²) in [5, 5.41) is 2.77. The average molecular weight is 367 g/mol. The van der Waals surface area contributed by atoms with E-state index in [0.29, 0.717) is 17.7 Å². The Kier molecular flexibility index (Phi) is 6.92. The molecular formula is C17H21ClN3O4-. The molecule has 0 bridgehead atoms. The third-order valence-corrected chi connectivity index (χ3v) is 4.26. The number of ether oxygens (including phenoxy) is 1. The molecule has 136 valence electrons. The molecule has 0 atom stereocenters. The van der Waals surface area contributed by atoms with E-state index in [-0.39, 0.29) is 24.9 Å². The maximum absolute atomic E-state index is 12.2. The van der Waals surface area contributed by atoms with Crippen LogP contribution in [0.4, 0.5) is 0 Å². The Morgan fingerprint density at radius 3 is 2.28 bits per heavy atom. The van der Waals surface area contributed by atoms with Gasteiger partial charge in [0.25, 0.3) is 11.8 Å². The SMILES string of the molecule is O=C(CN1C(=O)c2ccccc2C1=O)NCCCN1CCOCC1.[Cl-]. The van der Waals surface area contributed by atoms with E-state index in [4.69, 9.17) is 4.74 Å². The van der Waals surface area contributed by atoms with Crippen molar-refractivity contribution in [2.75, 3.05) is 45.9 Å². The highest BCUT2D eigenvalue weighted by atomic mass is 35.5. The average Bonchev–Trinajstić information content (AvgIpc) is 2.85. The molecule has 1 fully saturated rings. The number of imide groups is 1. The van der Waals surface area contributed by atoms with Gasteiger partial charge in [0.05, 0.1) is 24.3 Å². The largest absolute Gasteiger partial charge is 1.00 e. The van der Waals surface area contributed by atoms with Gasteiger partial charge in [0.1, 0.15) is 6.54 Å². The summed E-state index contributed by atoms with van der Waals surface area (Å²) in [7, 11) is 0. The van der Waals surface area contributed by atoms with E-state index in [9.17, 15) is 14.4 Å². The molecule has 0 spiro atoms. The van der Waals surface area contributed by atoms with Crippen LogP contribution in [-0.4, -0.2) is 73.5 Å². The Bertz CT molecular complexity index is 612. The van der Waals surface area contributed by atoms with Crippen LogP contribution in [0.3, 0.4) is 0 Å². The molecular weight excluding hydrogens is 346 g/mol. The number of amides is 3. The first-order valence-corrected chi connectivity index (χ1v) is 8.19. The van der Waals surface area contributed by atoms with Gasteiger partial charge in [-0.1, -0.05) is 12.1 Å². The topological polar surface area (TPSA) is 79.0 Å². The van der Waals surface area contributed by atoms with Gasteiger partial charge in [0.2, 0.25) is 5.91 Å². The lowest BCUT2D eigenvalue weighted by atomic mass is 10.1. The number of hydrogen-bond donors (Lipinski definition) is 1. The molecule has 0 unspecified atom stereocenters. The minimum atomic E-state index is -0.404. The lowest BCUT2D eigenvalue weighted by molar-refractivity contribution is -0.121. The Hall–Kier alpha value is -1.96. The second-order valence-corrected chi connectivity index (χ2v) is 5.90. The van der Waals surface area contributed by atoms with Crippen molar-refractivity contribution in [1.29, 1.82) is 0 Å². The van der Waals surface area contributed by atoms with Crippen LogP contribution in [0.15, 0.2) is 24.3 Å². The number of rotatable bonds is 6. The molecule has 25 heavy (non-hydrogen) atoms. The van der Waals surface area contributed by atoms with Crippen LogP contribution in [-0.2, 0) is 9.53 Å². The fourth-order valence-electron chi connectivity index (χ4n) is 2.94. The summed E-state index contributed by atoms with van der Waals surface area (Å²) < 4.78 is 5.28. The number of carbonyl (C=O) groups excluding carboxylic acids is 3. The molecule has 8 heteroatoms. The number of nitrogens with one attached hydrogen (secondary N) is 1. The van der Waals surface area contributed by atoms with Gasteiger partial charge in [0, 0.05) is 19.6 Å². The van der Waals surface area contributed by atoms with Gasteiger partial charge >= 0.3 is 0 Å². The zero-order valence-electron chi connectivity index (χ0n) is 13.9. The minimum absolute atomic E-state index is 0. The van der Waals surface area contributed by atoms with Crippen molar-refractivity contribution in [2.24, 2.45) is 0 Å². The van der Waals surface area contributed by atoms with Crippen molar-refractivity contribution in [2.45, 2.75) is 6.42 Å². The van der Waals surface area contributed by atoms with Gasteiger partial charge in [-0.3, -0.25) is 24.2 Å². The number of nitrogens with zero attached hydrogens (tertiary/aromatic N) is 2. The van der Waals surface area contributed by atoms with Crippen molar-refractivity contribution in [1.82, 2.24) is 15.1 Å². The molecule has 1 aromatic rings. The van der Waals surface area contributed by atoms with Crippen molar-refractivity contribution in [3.8, 4) is 0 Å². The monoisotopic (exact) mass is 366 g/mol. The molecule has 0 radical (unpaired) electrons. The third-order valence-electron chi connectivity index (χ3n) is 4.26. The summed E-state index contributed by atoms with van der Waals surface area (Å²) in [4.78, 5) is 39.7. The normalized spacial score (nSPS) is 17.2. The first kappa shape index (κ1) is 19.4. The molecule has 3 rings (SSSR count). The number of fused-ring (bicyclic) bond motifs is 1. The van der Waals surface area contributed by atoms with Crippen molar-refractivity contribution >= 4 is 17.7 Å². The maximum Gasteiger partial charge on any atom is 0.262 e. The summed E-state index contributed by atoms with van der Waals surface area (Å²) in [5.41, 5.74) is 0.727. The number of carbonyl (C=O) groups is 3. The van der Waals surface area contributed by atoms with Crippen LogP contribution in [0.5, 0.6) is 0 Å². The van der Waals surface area contributed by atoms with Gasteiger partial charge in [-0.25, -0.2) is 0 Å². The second-order valence-electron chi connectivity index (χ2n) is 5.90. The van der Waals surface area contributed by atoms with Crippen LogP contribution < -0.4 is 17.7 Å². The van der Waals surface area contributed by atoms with E-state index < -0.39 is 11.8 Å². The van der Waals surface area contributed by atoms with Crippen LogP contribution in [0, 0.1) is 0 Å². The van der Waals surface area contributed by atoms with Gasteiger partial charge < -0.3 is 22.5 Å². The van der Waals surface area contributed by atoms with E-state index in [1.165, 1.54) is 0 Å². The summed E-state index contributed by atoms with van der Waals surface area (Å²) in [5.74, 6) is -1.12.